The molecule has 1 N–H and O–H groups in total. The molecule has 0 amide bonds. The minimum Gasteiger partial charge on any atom is -0.307 e. The molecule has 3 heteroatoms. The molecule has 2 heterocycles. The summed E-state index contributed by atoms with van der Waals surface area (Å²) in [7, 11) is 0. The maximum Gasteiger partial charge on any atom is 0.141 e. The zero-order chi connectivity index (χ0) is 10.3. The van der Waals surface area contributed by atoms with Gasteiger partial charge in [-0.1, -0.05) is 0 Å². The molecule has 0 aromatic carbocycles. The van der Waals surface area contributed by atoms with E-state index in [2.05, 4.69) is 10.3 Å². The van der Waals surface area contributed by atoms with Crippen LogP contribution < -0.4 is 5.32 Å². The summed E-state index contributed by atoms with van der Waals surface area (Å²) in [6.45, 7) is 1.05. The average molecular weight is 206 g/mol. The Bertz CT molecular complexity index is 368. The second-order valence-electron chi connectivity index (χ2n) is 4.67. The molecule has 1 atom stereocenters. The smallest absolute Gasteiger partial charge is 0.141 e. The highest BCUT2D eigenvalue weighted by molar-refractivity contribution is 5.26. The van der Waals surface area contributed by atoms with Gasteiger partial charge in [0.2, 0.25) is 0 Å². The molecule has 1 unspecified atom stereocenters. The third-order valence-electron chi connectivity index (χ3n) is 3.68. The molecule has 15 heavy (non-hydrogen) atoms. The Balaban J connectivity index is 2.01. The molecule has 3 rings (SSSR count). The van der Waals surface area contributed by atoms with Crippen LogP contribution in [0.2, 0.25) is 0 Å². The van der Waals surface area contributed by atoms with Crippen molar-refractivity contribution in [3.05, 3.63) is 29.8 Å². The number of aromatic nitrogens is 1. The van der Waals surface area contributed by atoms with Gasteiger partial charge in [0.15, 0.2) is 0 Å². The van der Waals surface area contributed by atoms with Gasteiger partial charge in [0, 0.05) is 11.7 Å². The van der Waals surface area contributed by atoms with Gasteiger partial charge in [-0.25, -0.2) is 4.39 Å². The van der Waals surface area contributed by atoms with Gasteiger partial charge in [0.25, 0.3) is 0 Å². The number of rotatable bonds is 2. The predicted molar refractivity (Wildman–Crippen MR) is 55.8 cm³/mol. The maximum absolute atomic E-state index is 13.2. The standard InChI is InChI=1S/C12H15FN2/c13-11-6-10(7-14-8-11)12(9-2-3-9)4-1-5-15-12/h6-9,15H,1-5H2. The van der Waals surface area contributed by atoms with Crippen molar-refractivity contribution in [1.29, 1.82) is 0 Å². The lowest BCUT2D eigenvalue weighted by Gasteiger charge is -2.30. The first-order valence-corrected chi connectivity index (χ1v) is 5.67. The molecule has 1 aromatic heterocycles. The van der Waals surface area contributed by atoms with Crippen molar-refractivity contribution in [2.45, 2.75) is 31.2 Å². The molecule has 1 saturated heterocycles. The van der Waals surface area contributed by atoms with E-state index < -0.39 is 0 Å². The Hall–Kier alpha value is -0.960. The van der Waals surface area contributed by atoms with Crippen LogP contribution in [0.3, 0.4) is 0 Å². The van der Waals surface area contributed by atoms with Crippen LogP contribution in [-0.4, -0.2) is 11.5 Å². The highest BCUT2D eigenvalue weighted by Gasteiger charge is 2.48. The first kappa shape index (κ1) is 9.28. The summed E-state index contributed by atoms with van der Waals surface area (Å²) in [5.74, 6) is 0.477. The summed E-state index contributed by atoms with van der Waals surface area (Å²) in [6, 6.07) is 1.64. The van der Waals surface area contributed by atoms with Crippen LogP contribution in [0.15, 0.2) is 18.5 Å². The van der Waals surface area contributed by atoms with Crippen molar-refractivity contribution in [3.63, 3.8) is 0 Å². The van der Waals surface area contributed by atoms with Crippen molar-refractivity contribution in [1.82, 2.24) is 10.3 Å². The quantitative estimate of drug-likeness (QED) is 0.802. The zero-order valence-corrected chi connectivity index (χ0v) is 8.67. The monoisotopic (exact) mass is 206 g/mol. The summed E-state index contributed by atoms with van der Waals surface area (Å²) < 4.78 is 13.2. The van der Waals surface area contributed by atoms with Crippen LogP contribution in [0.5, 0.6) is 0 Å². The van der Waals surface area contributed by atoms with E-state index in [-0.39, 0.29) is 11.4 Å². The van der Waals surface area contributed by atoms with Crippen molar-refractivity contribution < 1.29 is 4.39 Å². The molecule has 2 nitrogen and oxygen atoms in total. The Morgan fingerprint density at radius 3 is 2.87 bits per heavy atom. The second-order valence-corrected chi connectivity index (χ2v) is 4.67. The summed E-state index contributed by atoms with van der Waals surface area (Å²) in [5.41, 5.74) is 1.08. The van der Waals surface area contributed by atoms with E-state index in [1.807, 2.05) is 6.20 Å². The molecular formula is C12H15FN2. The van der Waals surface area contributed by atoms with Crippen LogP contribution in [0.1, 0.15) is 31.2 Å². The fourth-order valence-corrected chi connectivity index (χ4v) is 2.83. The van der Waals surface area contributed by atoms with Crippen LogP contribution >= 0.6 is 0 Å². The lowest BCUT2D eigenvalue weighted by Crippen LogP contribution is -2.39. The van der Waals surface area contributed by atoms with E-state index in [1.165, 1.54) is 25.5 Å². The SMILES string of the molecule is Fc1cncc(C2(C3CC3)CCCN2)c1. The van der Waals surface area contributed by atoms with Gasteiger partial charge < -0.3 is 5.32 Å². The number of nitrogens with zero attached hydrogens (tertiary/aromatic N) is 1. The third kappa shape index (κ3) is 1.46. The molecule has 2 aliphatic rings. The number of hydrogen-bond donors (Lipinski definition) is 1. The average Bonchev–Trinajstić information content (AvgIpc) is 2.98. The molecule has 2 fully saturated rings. The molecule has 1 aliphatic carbocycles. The lowest BCUT2D eigenvalue weighted by atomic mass is 9.84. The Morgan fingerprint density at radius 1 is 1.40 bits per heavy atom. The molecular weight excluding hydrogens is 191 g/mol. The zero-order valence-electron chi connectivity index (χ0n) is 8.67. The summed E-state index contributed by atoms with van der Waals surface area (Å²) in [4.78, 5) is 3.97. The molecule has 0 bridgehead atoms. The van der Waals surface area contributed by atoms with Crippen LogP contribution in [0.4, 0.5) is 4.39 Å². The molecule has 0 radical (unpaired) electrons. The van der Waals surface area contributed by atoms with Gasteiger partial charge in [-0.2, -0.15) is 0 Å². The number of nitrogens with one attached hydrogen (secondary N) is 1. The van der Waals surface area contributed by atoms with Crippen molar-refractivity contribution in [3.8, 4) is 0 Å². The van der Waals surface area contributed by atoms with Gasteiger partial charge in [-0.15, -0.1) is 0 Å². The van der Waals surface area contributed by atoms with E-state index >= 15 is 0 Å². The van der Waals surface area contributed by atoms with Crippen molar-refractivity contribution >= 4 is 0 Å². The molecule has 0 spiro atoms. The normalized spacial score (nSPS) is 30.7. The highest BCUT2D eigenvalue weighted by Crippen LogP contribution is 2.50. The van der Waals surface area contributed by atoms with Gasteiger partial charge in [-0.3, -0.25) is 4.98 Å². The van der Waals surface area contributed by atoms with Gasteiger partial charge in [0.05, 0.1) is 6.20 Å². The maximum atomic E-state index is 13.2. The highest BCUT2D eigenvalue weighted by atomic mass is 19.1. The van der Waals surface area contributed by atoms with Gasteiger partial charge >= 0.3 is 0 Å². The fraction of sp³-hybridized carbons (Fsp3) is 0.583. The molecule has 80 valence electrons. The van der Waals surface area contributed by atoms with Crippen LogP contribution in [-0.2, 0) is 5.54 Å². The van der Waals surface area contributed by atoms with Crippen LogP contribution in [0.25, 0.3) is 0 Å². The van der Waals surface area contributed by atoms with Gasteiger partial charge in [0.1, 0.15) is 5.82 Å². The van der Waals surface area contributed by atoms with E-state index in [0.29, 0.717) is 5.92 Å². The number of pyridine rings is 1. The third-order valence-corrected chi connectivity index (χ3v) is 3.68. The second kappa shape index (κ2) is 3.27. The summed E-state index contributed by atoms with van der Waals surface area (Å²) in [5, 5.41) is 3.57. The van der Waals surface area contributed by atoms with Crippen molar-refractivity contribution in [2.75, 3.05) is 6.54 Å². The number of halogens is 1. The molecule has 1 aromatic rings. The summed E-state index contributed by atoms with van der Waals surface area (Å²) >= 11 is 0. The van der Waals surface area contributed by atoms with Crippen molar-refractivity contribution in [2.24, 2.45) is 5.92 Å². The fourth-order valence-electron chi connectivity index (χ4n) is 2.83. The van der Waals surface area contributed by atoms with Gasteiger partial charge in [-0.05, 0) is 49.8 Å². The van der Waals surface area contributed by atoms with E-state index in [1.54, 1.807) is 6.07 Å². The van der Waals surface area contributed by atoms with E-state index in [0.717, 1.165) is 18.5 Å². The lowest BCUT2D eigenvalue weighted by molar-refractivity contribution is 0.333. The number of hydrogen-bond acceptors (Lipinski definition) is 2. The molecule has 1 saturated carbocycles. The minimum absolute atomic E-state index is 0.0368. The minimum atomic E-state index is -0.221. The van der Waals surface area contributed by atoms with E-state index in [9.17, 15) is 4.39 Å². The first-order chi connectivity index (χ1) is 7.31. The topological polar surface area (TPSA) is 24.9 Å². The Kier molecular flexibility index (Phi) is 2.02. The predicted octanol–water partition coefficient (Wildman–Crippen LogP) is 2.21. The van der Waals surface area contributed by atoms with E-state index in [4.69, 9.17) is 0 Å². The Labute approximate surface area is 88.9 Å². The van der Waals surface area contributed by atoms with Crippen LogP contribution in [0, 0.1) is 11.7 Å². The largest absolute Gasteiger partial charge is 0.307 e. The first-order valence-electron chi connectivity index (χ1n) is 5.67. The Morgan fingerprint density at radius 2 is 2.27 bits per heavy atom. The summed E-state index contributed by atoms with van der Waals surface area (Å²) in [6.07, 6.45) is 7.95. The molecule has 1 aliphatic heterocycles.